The second-order valence-corrected chi connectivity index (χ2v) is 7.19. The lowest BCUT2D eigenvalue weighted by molar-refractivity contribution is -0.128. The van der Waals surface area contributed by atoms with E-state index < -0.39 is 5.97 Å². The van der Waals surface area contributed by atoms with Crippen molar-refractivity contribution < 1.29 is 19.1 Å². The lowest BCUT2D eigenvalue weighted by Crippen LogP contribution is -2.35. The molecule has 1 fully saturated rings. The minimum Gasteiger partial charge on any atom is -0.465 e. The van der Waals surface area contributed by atoms with E-state index in [0.29, 0.717) is 43.5 Å². The van der Waals surface area contributed by atoms with Crippen LogP contribution in [0, 0.1) is 11.8 Å². The lowest BCUT2D eigenvalue weighted by Gasteiger charge is -2.27. The number of amides is 2. The fourth-order valence-electron chi connectivity index (χ4n) is 3.51. The number of pyridine rings is 1. The number of aromatic nitrogens is 1. The standard InChI is InChI=1S/C22H25N3O4/c1-29-22(28)18-8-10-19(11-9-18)25-21(27)17-6-4-16(5-7-17)20(26)24-14-15-3-2-12-23-13-15/h2-3,8-13,16-17H,4-7,14H2,1H3,(H,24,26)(H,25,27). The van der Waals surface area contributed by atoms with Crippen molar-refractivity contribution in [3.05, 3.63) is 59.9 Å². The molecule has 0 spiro atoms. The van der Waals surface area contributed by atoms with Gasteiger partial charge in [-0.05, 0) is 61.6 Å². The first-order valence-corrected chi connectivity index (χ1v) is 9.72. The molecule has 1 aliphatic rings. The van der Waals surface area contributed by atoms with Crippen LogP contribution in [0.2, 0.25) is 0 Å². The molecule has 29 heavy (non-hydrogen) atoms. The number of methoxy groups -OCH3 is 1. The van der Waals surface area contributed by atoms with Gasteiger partial charge < -0.3 is 15.4 Å². The van der Waals surface area contributed by atoms with E-state index in [-0.39, 0.29) is 23.7 Å². The van der Waals surface area contributed by atoms with Crippen LogP contribution in [-0.4, -0.2) is 29.9 Å². The summed E-state index contributed by atoms with van der Waals surface area (Å²) in [5, 5.41) is 5.84. The number of ether oxygens (including phenoxy) is 1. The lowest BCUT2D eigenvalue weighted by atomic mass is 9.81. The van der Waals surface area contributed by atoms with Gasteiger partial charge in [-0.2, -0.15) is 0 Å². The molecule has 3 rings (SSSR count). The zero-order chi connectivity index (χ0) is 20.6. The van der Waals surface area contributed by atoms with E-state index >= 15 is 0 Å². The Hall–Kier alpha value is -3.22. The van der Waals surface area contributed by atoms with E-state index in [2.05, 4.69) is 20.4 Å². The van der Waals surface area contributed by atoms with E-state index in [4.69, 9.17) is 0 Å². The molecule has 0 atom stereocenters. The number of rotatable bonds is 6. The number of anilines is 1. The van der Waals surface area contributed by atoms with Crippen LogP contribution in [0.15, 0.2) is 48.8 Å². The molecule has 152 valence electrons. The summed E-state index contributed by atoms with van der Waals surface area (Å²) in [6, 6.07) is 10.4. The predicted molar refractivity (Wildman–Crippen MR) is 108 cm³/mol. The maximum Gasteiger partial charge on any atom is 0.337 e. The number of benzene rings is 1. The molecule has 1 aromatic heterocycles. The molecule has 1 saturated carbocycles. The number of nitrogens with zero attached hydrogens (tertiary/aromatic N) is 1. The van der Waals surface area contributed by atoms with Gasteiger partial charge in [-0.15, -0.1) is 0 Å². The molecule has 2 amide bonds. The van der Waals surface area contributed by atoms with Crippen molar-refractivity contribution in [1.82, 2.24) is 10.3 Å². The van der Waals surface area contributed by atoms with Gasteiger partial charge in [0.2, 0.25) is 11.8 Å². The molecule has 7 nitrogen and oxygen atoms in total. The fraction of sp³-hybridized carbons (Fsp3) is 0.364. The van der Waals surface area contributed by atoms with Crippen LogP contribution >= 0.6 is 0 Å². The second kappa shape index (κ2) is 9.82. The summed E-state index contributed by atoms with van der Waals surface area (Å²) in [5.74, 6) is -0.605. The summed E-state index contributed by atoms with van der Waals surface area (Å²) < 4.78 is 4.66. The third-order valence-electron chi connectivity index (χ3n) is 5.23. The first-order valence-electron chi connectivity index (χ1n) is 9.72. The summed E-state index contributed by atoms with van der Waals surface area (Å²) >= 11 is 0. The summed E-state index contributed by atoms with van der Waals surface area (Å²) in [6.45, 7) is 0.467. The van der Waals surface area contributed by atoms with Crippen LogP contribution in [0.4, 0.5) is 5.69 Å². The van der Waals surface area contributed by atoms with Crippen LogP contribution in [-0.2, 0) is 20.9 Å². The number of carbonyl (C=O) groups is 3. The molecule has 0 unspecified atom stereocenters. The van der Waals surface area contributed by atoms with Crippen molar-refractivity contribution in [3.63, 3.8) is 0 Å². The molecule has 1 aromatic carbocycles. The van der Waals surface area contributed by atoms with Gasteiger partial charge in [0.1, 0.15) is 0 Å². The minimum absolute atomic E-state index is 0.0334. The Morgan fingerprint density at radius 1 is 1.00 bits per heavy atom. The molecular formula is C22H25N3O4. The van der Waals surface area contributed by atoms with Gasteiger partial charge in [-0.1, -0.05) is 6.07 Å². The molecule has 0 aliphatic heterocycles. The molecule has 2 aromatic rings. The highest BCUT2D eigenvalue weighted by atomic mass is 16.5. The number of carbonyl (C=O) groups excluding carboxylic acids is 3. The quantitative estimate of drug-likeness (QED) is 0.733. The van der Waals surface area contributed by atoms with Crippen molar-refractivity contribution in [2.75, 3.05) is 12.4 Å². The maximum absolute atomic E-state index is 12.5. The topological polar surface area (TPSA) is 97.4 Å². The highest BCUT2D eigenvalue weighted by Gasteiger charge is 2.29. The molecule has 0 saturated heterocycles. The Morgan fingerprint density at radius 3 is 2.24 bits per heavy atom. The normalized spacial score (nSPS) is 18.5. The highest BCUT2D eigenvalue weighted by Crippen LogP contribution is 2.30. The van der Waals surface area contributed by atoms with Crippen molar-refractivity contribution >= 4 is 23.5 Å². The number of nitrogens with one attached hydrogen (secondary N) is 2. The zero-order valence-electron chi connectivity index (χ0n) is 16.4. The Balaban J connectivity index is 1.44. The monoisotopic (exact) mass is 395 g/mol. The van der Waals surface area contributed by atoms with Gasteiger partial charge in [0.15, 0.2) is 0 Å². The molecule has 1 aliphatic carbocycles. The Morgan fingerprint density at radius 2 is 1.66 bits per heavy atom. The van der Waals surface area contributed by atoms with Crippen molar-refractivity contribution in [2.45, 2.75) is 32.2 Å². The first-order chi connectivity index (χ1) is 14.1. The fourth-order valence-corrected chi connectivity index (χ4v) is 3.51. The molecule has 0 radical (unpaired) electrons. The average molecular weight is 395 g/mol. The molecule has 7 heteroatoms. The van der Waals surface area contributed by atoms with Crippen molar-refractivity contribution in [2.24, 2.45) is 11.8 Å². The number of esters is 1. The van der Waals surface area contributed by atoms with Gasteiger partial charge in [-0.25, -0.2) is 4.79 Å². The van der Waals surface area contributed by atoms with Gasteiger partial charge in [-0.3, -0.25) is 14.6 Å². The Kier molecular flexibility index (Phi) is 6.94. The summed E-state index contributed by atoms with van der Waals surface area (Å²) in [6.07, 6.45) is 6.18. The van der Waals surface area contributed by atoms with Crippen LogP contribution in [0.25, 0.3) is 0 Å². The van der Waals surface area contributed by atoms with E-state index in [1.165, 1.54) is 7.11 Å². The predicted octanol–water partition coefficient (Wildman–Crippen LogP) is 2.93. The largest absolute Gasteiger partial charge is 0.465 e. The smallest absolute Gasteiger partial charge is 0.337 e. The molecule has 0 bridgehead atoms. The van der Waals surface area contributed by atoms with E-state index in [1.54, 1.807) is 36.7 Å². The van der Waals surface area contributed by atoms with Crippen molar-refractivity contribution in [1.29, 1.82) is 0 Å². The van der Waals surface area contributed by atoms with E-state index in [0.717, 1.165) is 5.56 Å². The number of hydrogen-bond donors (Lipinski definition) is 2. The average Bonchev–Trinajstić information content (AvgIpc) is 2.78. The maximum atomic E-state index is 12.5. The first kappa shape index (κ1) is 20.5. The summed E-state index contributed by atoms with van der Waals surface area (Å²) in [5.41, 5.74) is 2.04. The highest BCUT2D eigenvalue weighted by molar-refractivity contribution is 5.94. The Bertz CT molecular complexity index is 844. The number of hydrogen-bond acceptors (Lipinski definition) is 5. The zero-order valence-corrected chi connectivity index (χ0v) is 16.4. The Labute approximate surface area is 169 Å². The molecular weight excluding hydrogens is 370 g/mol. The van der Waals surface area contributed by atoms with Gasteiger partial charge >= 0.3 is 5.97 Å². The SMILES string of the molecule is COC(=O)c1ccc(NC(=O)C2CCC(C(=O)NCc3cccnc3)CC2)cc1. The van der Waals surface area contributed by atoms with Crippen molar-refractivity contribution in [3.8, 4) is 0 Å². The van der Waals surface area contributed by atoms with Crippen LogP contribution in [0.5, 0.6) is 0 Å². The summed E-state index contributed by atoms with van der Waals surface area (Å²) in [7, 11) is 1.33. The van der Waals surface area contributed by atoms with E-state index in [1.807, 2.05) is 12.1 Å². The van der Waals surface area contributed by atoms with Crippen LogP contribution in [0.3, 0.4) is 0 Å². The van der Waals surface area contributed by atoms with Crippen LogP contribution in [0.1, 0.15) is 41.6 Å². The third kappa shape index (κ3) is 5.63. The molecule has 1 heterocycles. The summed E-state index contributed by atoms with van der Waals surface area (Å²) in [4.78, 5) is 40.4. The third-order valence-corrected chi connectivity index (χ3v) is 5.23. The molecule has 2 N–H and O–H groups in total. The van der Waals surface area contributed by atoms with Gasteiger partial charge in [0.25, 0.3) is 0 Å². The van der Waals surface area contributed by atoms with E-state index in [9.17, 15) is 14.4 Å². The van der Waals surface area contributed by atoms with Crippen LogP contribution < -0.4 is 10.6 Å². The second-order valence-electron chi connectivity index (χ2n) is 7.19. The van der Waals surface area contributed by atoms with Gasteiger partial charge in [0, 0.05) is 36.5 Å². The van der Waals surface area contributed by atoms with Gasteiger partial charge in [0.05, 0.1) is 12.7 Å². The minimum atomic E-state index is -0.414.